The van der Waals surface area contributed by atoms with Gasteiger partial charge in [-0.1, -0.05) is 34.8 Å². The van der Waals surface area contributed by atoms with Gasteiger partial charge >= 0.3 is 11.4 Å². The molecular weight excluding hydrogens is 389 g/mol. The van der Waals surface area contributed by atoms with Crippen LogP contribution in [0.5, 0.6) is 5.75 Å². The second-order valence-corrected chi connectivity index (χ2v) is 6.59. The first-order valence-corrected chi connectivity index (χ1v) is 8.49. The maximum absolute atomic E-state index is 12.0. The summed E-state index contributed by atoms with van der Waals surface area (Å²) in [5.41, 5.74) is -0.236. The molecular formula is C17H12Cl3NO4. The summed E-state index contributed by atoms with van der Waals surface area (Å²) < 4.78 is 11.7. The number of halogens is 3. The topological polar surface area (TPSA) is 61.4 Å². The van der Waals surface area contributed by atoms with Crippen LogP contribution in [0.15, 0.2) is 50.4 Å². The van der Waals surface area contributed by atoms with E-state index in [1.165, 1.54) is 10.6 Å². The van der Waals surface area contributed by atoms with Gasteiger partial charge in [-0.3, -0.25) is 4.57 Å². The van der Waals surface area contributed by atoms with Gasteiger partial charge in [0.1, 0.15) is 5.75 Å². The Kier molecular flexibility index (Phi) is 5.37. The molecule has 0 saturated carbocycles. The van der Waals surface area contributed by atoms with Crippen LogP contribution in [0, 0.1) is 0 Å². The molecule has 3 aromatic rings. The molecule has 3 rings (SSSR count). The fraction of sp³-hybridized carbons (Fsp3) is 0.176. The zero-order valence-corrected chi connectivity index (χ0v) is 15.1. The third kappa shape index (κ3) is 4.18. The Labute approximate surface area is 157 Å². The smallest absolute Gasteiger partial charge is 0.422 e. The van der Waals surface area contributed by atoms with E-state index in [-0.39, 0.29) is 5.39 Å². The molecule has 0 aliphatic carbocycles. The number of aryl methyl sites for hydroxylation is 1. The number of ether oxygens (including phenoxy) is 1. The molecule has 0 fully saturated rings. The summed E-state index contributed by atoms with van der Waals surface area (Å²) in [6, 6.07) is 9.62. The van der Waals surface area contributed by atoms with E-state index in [4.69, 9.17) is 44.0 Å². The van der Waals surface area contributed by atoms with Crippen molar-refractivity contribution in [2.75, 3.05) is 6.61 Å². The summed E-state index contributed by atoms with van der Waals surface area (Å²) in [5.74, 6) is -0.174. The number of hydrogen-bond acceptors (Lipinski definition) is 4. The summed E-state index contributed by atoms with van der Waals surface area (Å²) in [7, 11) is 0. The zero-order valence-electron chi connectivity index (χ0n) is 12.8. The van der Waals surface area contributed by atoms with Crippen LogP contribution in [0.3, 0.4) is 0 Å². The van der Waals surface area contributed by atoms with Crippen molar-refractivity contribution in [2.45, 2.75) is 13.0 Å². The molecule has 0 radical (unpaired) electrons. The van der Waals surface area contributed by atoms with E-state index < -0.39 is 11.4 Å². The first-order chi connectivity index (χ1) is 11.9. The lowest BCUT2D eigenvalue weighted by molar-refractivity contribution is 0.296. The van der Waals surface area contributed by atoms with Gasteiger partial charge in [-0.2, -0.15) is 0 Å². The SMILES string of the molecule is O=c1oc(=O)n(CCCOc2cc(Cl)cc(Cl)c2)c2ccc(Cl)cc12. The van der Waals surface area contributed by atoms with Crippen LogP contribution in [-0.2, 0) is 6.54 Å². The largest absolute Gasteiger partial charge is 0.493 e. The van der Waals surface area contributed by atoms with Crippen molar-refractivity contribution in [2.24, 2.45) is 0 Å². The Hall–Kier alpha value is -1.95. The molecule has 130 valence electrons. The Morgan fingerprint density at radius 3 is 2.40 bits per heavy atom. The molecule has 0 spiro atoms. The normalized spacial score (nSPS) is 11.0. The molecule has 1 aromatic heterocycles. The van der Waals surface area contributed by atoms with Crippen molar-refractivity contribution in [3.05, 3.63) is 72.4 Å². The Morgan fingerprint density at radius 2 is 1.68 bits per heavy atom. The molecule has 0 N–H and O–H groups in total. The molecule has 25 heavy (non-hydrogen) atoms. The molecule has 0 aliphatic heterocycles. The summed E-state index contributed by atoms with van der Waals surface area (Å²) in [6.45, 7) is 0.645. The summed E-state index contributed by atoms with van der Waals surface area (Å²) in [6.07, 6.45) is 0.509. The minimum atomic E-state index is -0.717. The van der Waals surface area contributed by atoms with Gasteiger partial charge < -0.3 is 9.15 Å². The fourth-order valence-corrected chi connectivity index (χ4v) is 3.11. The lowest BCUT2D eigenvalue weighted by atomic mass is 10.2. The molecule has 1 heterocycles. The lowest BCUT2D eigenvalue weighted by Crippen LogP contribution is -2.25. The number of benzene rings is 2. The minimum Gasteiger partial charge on any atom is -0.493 e. The predicted octanol–water partition coefficient (Wildman–Crippen LogP) is 4.38. The van der Waals surface area contributed by atoms with Gasteiger partial charge in [-0.25, -0.2) is 9.59 Å². The van der Waals surface area contributed by atoms with Crippen LogP contribution >= 0.6 is 34.8 Å². The number of aromatic nitrogens is 1. The molecule has 0 atom stereocenters. The van der Waals surface area contributed by atoms with Crippen molar-refractivity contribution < 1.29 is 9.15 Å². The van der Waals surface area contributed by atoms with Crippen LogP contribution in [-0.4, -0.2) is 11.2 Å². The summed E-state index contributed by atoms with van der Waals surface area (Å²) in [4.78, 5) is 23.8. The van der Waals surface area contributed by atoms with Gasteiger partial charge in [0.05, 0.1) is 17.5 Å². The van der Waals surface area contributed by atoms with Gasteiger partial charge in [0.15, 0.2) is 0 Å². The molecule has 0 unspecified atom stereocenters. The minimum absolute atomic E-state index is 0.259. The highest BCUT2D eigenvalue weighted by atomic mass is 35.5. The van der Waals surface area contributed by atoms with E-state index in [0.29, 0.717) is 45.9 Å². The highest BCUT2D eigenvalue weighted by Crippen LogP contribution is 2.24. The van der Waals surface area contributed by atoms with Crippen molar-refractivity contribution in [1.29, 1.82) is 0 Å². The summed E-state index contributed by atoms with van der Waals surface area (Å²) in [5, 5.41) is 1.61. The predicted molar refractivity (Wildman–Crippen MR) is 98.3 cm³/mol. The van der Waals surface area contributed by atoms with E-state index in [2.05, 4.69) is 0 Å². The van der Waals surface area contributed by atoms with Crippen molar-refractivity contribution in [3.8, 4) is 5.75 Å². The van der Waals surface area contributed by atoms with Gasteiger partial charge in [-0.15, -0.1) is 0 Å². The molecule has 5 nitrogen and oxygen atoms in total. The molecule has 2 aromatic carbocycles. The third-order valence-corrected chi connectivity index (χ3v) is 4.17. The van der Waals surface area contributed by atoms with E-state index in [1.807, 2.05) is 0 Å². The first kappa shape index (κ1) is 17.9. The average Bonchev–Trinajstić information content (AvgIpc) is 2.53. The first-order valence-electron chi connectivity index (χ1n) is 7.36. The Balaban J connectivity index is 1.75. The third-order valence-electron chi connectivity index (χ3n) is 3.50. The van der Waals surface area contributed by atoms with Crippen molar-refractivity contribution in [1.82, 2.24) is 4.57 Å². The molecule has 0 bridgehead atoms. The molecule has 8 heteroatoms. The van der Waals surface area contributed by atoms with Gasteiger partial charge in [0.25, 0.3) is 0 Å². The second-order valence-electron chi connectivity index (χ2n) is 5.28. The lowest BCUT2D eigenvalue weighted by Gasteiger charge is -2.10. The van der Waals surface area contributed by atoms with E-state index in [1.54, 1.807) is 30.3 Å². The number of rotatable bonds is 5. The van der Waals surface area contributed by atoms with Crippen LogP contribution < -0.4 is 16.1 Å². The Bertz CT molecular complexity index is 1020. The molecule has 0 aliphatic rings. The van der Waals surface area contributed by atoms with Crippen LogP contribution in [0.25, 0.3) is 10.9 Å². The van der Waals surface area contributed by atoms with Gasteiger partial charge in [0, 0.05) is 21.6 Å². The fourth-order valence-electron chi connectivity index (χ4n) is 2.43. The summed E-state index contributed by atoms with van der Waals surface area (Å²) >= 11 is 17.7. The standard InChI is InChI=1S/C17H12Cl3NO4/c18-10-2-3-15-14(9-10)16(22)25-17(23)21(15)4-1-5-24-13-7-11(19)6-12(20)8-13/h2-3,6-9H,1,4-5H2. The van der Waals surface area contributed by atoms with Crippen molar-refractivity contribution >= 4 is 45.7 Å². The molecule has 0 saturated heterocycles. The second kappa shape index (κ2) is 7.52. The molecule has 0 amide bonds. The zero-order chi connectivity index (χ0) is 18.0. The van der Waals surface area contributed by atoms with Gasteiger partial charge in [0.2, 0.25) is 0 Å². The number of nitrogens with zero attached hydrogens (tertiary/aromatic N) is 1. The van der Waals surface area contributed by atoms with Crippen LogP contribution in [0.2, 0.25) is 15.1 Å². The van der Waals surface area contributed by atoms with Crippen LogP contribution in [0.4, 0.5) is 0 Å². The quantitative estimate of drug-likeness (QED) is 0.596. The number of hydrogen-bond donors (Lipinski definition) is 0. The Morgan fingerprint density at radius 1 is 0.960 bits per heavy atom. The van der Waals surface area contributed by atoms with Crippen LogP contribution in [0.1, 0.15) is 6.42 Å². The monoisotopic (exact) mass is 399 g/mol. The highest BCUT2D eigenvalue weighted by molar-refractivity contribution is 6.34. The van der Waals surface area contributed by atoms with E-state index >= 15 is 0 Å². The maximum atomic E-state index is 12.0. The van der Waals surface area contributed by atoms with E-state index in [0.717, 1.165) is 0 Å². The number of fused-ring (bicyclic) bond motifs is 1. The van der Waals surface area contributed by atoms with E-state index in [9.17, 15) is 9.59 Å². The average molecular weight is 401 g/mol. The van der Waals surface area contributed by atoms with Crippen molar-refractivity contribution in [3.63, 3.8) is 0 Å². The maximum Gasteiger partial charge on any atom is 0.422 e. The highest BCUT2D eigenvalue weighted by Gasteiger charge is 2.10. The van der Waals surface area contributed by atoms with Gasteiger partial charge in [-0.05, 0) is 42.8 Å².